The number of rotatable bonds is 6. The Bertz CT molecular complexity index is 763. The molecule has 0 aliphatic heterocycles. The Morgan fingerprint density at radius 2 is 1.40 bits per heavy atom. The quantitative estimate of drug-likeness (QED) is 0.720. The minimum Gasteiger partial charge on any atom is -0.322 e. The topological polar surface area (TPSA) is 62.6 Å². The van der Waals surface area contributed by atoms with E-state index in [2.05, 4.69) is 10.6 Å². The number of hydrogen-bond acceptors (Lipinski definition) is 2. The van der Waals surface area contributed by atoms with Crippen molar-refractivity contribution in [1.82, 2.24) is 0 Å². The minimum atomic E-state index is -0.209. The van der Waals surface area contributed by atoms with Gasteiger partial charge in [-0.1, -0.05) is 40.9 Å². The van der Waals surface area contributed by atoms with Crippen molar-refractivity contribution in [2.75, 3.05) is 30.8 Å². The smallest absolute Gasteiger partial charge is 0.279 e. The van der Waals surface area contributed by atoms with Crippen molar-refractivity contribution in [3.8, 4) is 0 Å². The molecule has 0 aliphatic carbocycles. The SMILES string of the molecule is Cc1ccc(NC(=O)C[NH+](C)CC(=O)Nc2ccc(Cl)c(Cl)c2)cc1. The number of likely N-dealkylation sites (N-methyl/N-ethyl adjacent to an activating group) is 1. The summed E-state index contributed by atoms with van der Waals surface area (Å²) in [6.07, 6.45) is 0. The summed E-state index contributed by atoms with van der Waals surface area (Å²) in [7, 11) is 1.78. The molecule has 1 atom stereocenters. The summed E-state index contributed by atoms with van der Waals surface area (Å²) in [5.41, 5.74) is 2.43. The van der Waals surface area contributed by atoms with E-state index in [1.165, 1.54) is 0 Å². The number of anilines is 2. The molecule has 7 heteroatoms. The van der Waals surface area contributed by atoms with Crippen LogP contribution in [0, 0.1) is 6.92 Å². The van der Waals surface area contributed by atoms with E-state index < -0.39 is 0 Å². The molecule has 1 unspecified atom stereocenters. The van der Waals surface area contributed by atoms with Crippen LogP contribution in [0.3, 0.4) is 0 Å². The molecule has 0 bridgehead atoms. The van der Waals surface area contributed by atoms with Gasteiger partial charge in [-0.25, -0.2) is 0 Å². The van der Waals surface area contributed by atoms with Crippen molar-refractivity contribution >= 4 is 46.4 Å². The molecule has 0 heterocycles. The summed E-state index contributed by atoms with van der Waals surface area (Å²) in [6.45, 7) is 2.32. The lowest BCUT2D eigenvalue weighted by Gasteiger charge is -2.14. The predicted octanol–water partition coefficient (Wildman–Crippen LogP) is 2.39. The van der Waals surface area contributed by atoms with Crippen LogP contribution in [-0.2, 0) is 9.59 Å². The third kappa shape index (κ3) is 6.38. The van der Waals surface area contributed by atoms with Crippen molar-refractivity contribution < 1.29 is 14.5 Å². The lowest BCUT2D eigenvalue weighted by molar-refractivity contribution is -0.862. The number of halogens is 2. The second-order valence-corrected chi connectivity index (χ2v) is 6.72. The first-order valence-corrected chi connectivity index (χ1v) is 8.52. The Morgan fingerprint density at radius 1 is 0.880 bits per heavy atom. The Kier molecular flexibility index (Phi) is 6.82. The molecule has 2 amide bonds. The molecule has 0 fully saturated rings. The van der Waals surface area contributed by atoms with Crippen LogP contribution >= 0.6 is 23.2 Å². The lowest BCUT2D eigenvalue weighted by Crippen LogP contribution is -3.11. The number of carbonyl (C=O) groups is 2. The van der Waals surface area contributed by atoms with Gasteiger partial charge in [0.05, 0.1) is 17.1 Å². The highest BCUT2D eigenvalue weighted by Gasteiger charge is 2.15. The van der Waals surface area contributed by atoms with E-state index in [1.807, 2.05) is 31.2 Å². The van der Waals surface area contributed by atoms with E-state index in [9.17, 15) is 9.59 Å². The van der Waals surface area contributed by atoms with E-state index in [-0.39, 0.29) is 24.9 Å². The average molecular weight is 381 g/mol. The molecule has 0 radical (unpaired) electrons. The number of hydrogen-bond donors (Lipinski definition) is 3. The number of aryl methyl sites for hydroxylation is 1. The maximum atomic E-state index is 12.1. The summed E-state index contributed by atoms with van der Waals surface area (Å²) in [5, 5.41) is 6.35. The standard InChI is InChI=1S/C18H19Cl2N3O2/c1-12-3-5-13(6-4-12)21-17(24)10-23(2)11-18(25)22-14-7-8-15(19)16(20)9-14/h3-9H,10-11H2,1-2H3,(H,21,24)(H,22,25)/p+1. The van der Waals surface area contributed by atoms with Crippen LogP contribution in [-0.4, -0.2) is 32.0 Å². The summed E-state index contributed by atoms with van der Waals surface area (Å²) in [6, 6.07) is 12.4. The Morgan fingerprint density at radius 3 is 1.96 bits per heavy atom. The van der Waals surface area contributed by atoms with Gasteiger partial charge >= 0.3 is 0 Å². The van der Waals surface area contributed by atoms with Crippen molar-refractivity contribution in [2.24, 2.45) is 0 Å². The minimum absolute atomic E-state index is 0.149. The van der Waals surface area contributed by atoms with Crippen LogP contribution in [0.4, 0.5) is 11.4 Å². The number of nitrogens with one attached hydrogen (secondary N) is 3. The fraction of sp³-hybridized carbons (Fsp3) is 0.222. The first-order valence-electron chi connectivity index (χ1n) is 7.76. The van der Waals surface area contributed by atoms with Crippen molar-refractivity contribution in [1.29, 1.82) is 0 Å². The highest BCUT2D eigenvalue weighted by Crippen LogP contribution is 2.24. The number of quaternary nitrogens is 1. The molecule has 0 saturated heterocycles. The highest BCUT2D eigenvalue weighted by molar-refractivity contribution is 6.42. The van der Waals surface area contributed by atoms with E-state index in [4.69, 9.17) is 23.2 Å². The monoisotopic (exact) mass is 380 g/mol. The molecule has 132 valence electrons. The average Bonchev–Trinajstić information content (AvgIpc) is 2.52. The van der Waals surface area contributed by atoms with Crippen LogP contribution in [0.1, 0.15) is 5.56 Å². The Balaban J connectivity index is 1.81. The molecule has 3 N–H and O–H groups in total. The van der Waals surface area contributed by atoms with Gasteiger partial charge in [-0.2, -0.15) is 0 Å². The number of benzene rings is 2. The molecular formula is C18H20Cl2N3O2+. The molecule has 0 spiro atoms. The molecule has 0 aliphatic rings. The zero-order chi connectivity index (χ0) is 18.4. The zero-order valence-electron chi connectivity index (χ0n) is 14.0. The molecule has 5 nitrogen and oxygen atoms in total. The first kappa shape index (κ1) is 19.2. The second-order valence-electron chi connectivity index (χ2n) is 5.90. The van der Waals surface area contributed by atoms with Crippen molar-refractivity contribution in [3.05, 3.63) is 58.1 Å². The van der Waals surface area contributed by atoms with Crippen LogP contribution in [0.15, 0.2) is 42.5 Å². The predicted molar refractivity (Wildman–Crippen MR) is 102 cm³/mol. The van der Waals surface area contributed by atoms with E-state index >= 15 is 0 Å². The maximum Gasteiger partial charge on any atom is 0.279 e. The van der Waals surface area contributed by atoms with Crippen molar-refractivity contribution in [2.45, 2.75) is 6.92 Å². The first-order chi connectivity index (χ1) is 11.8. The van der Waals surface area contributed by atoms with Gasteiger partial charge in [-0.05, 0) is 37.3 Å². The third-order valence-electron chi connectivity index (χ3n) is 3.46. The second kappa shape index (κ2) is 8.85. The Hall–Kier alpha value is -2.08. The summed E-state index contributed by atoms with van der Waals surface area (Å²) in [5.74, 6) is -0.359. The van der Waals surface area contributed by atoms with Gasteiger partial charge < -0.3 is 15.5 Å². The molecule has 2 aromatic carbocycles. The molecule has 0 saturated carbocycles. The van der Waals surface area contributed by atoms with Gasteiger partial charge in [0.15, 0.2) is 13.1 Å². The summed E-state index contributed by atoms with van der Waals surface area (Å²) < 4.78 is 0. The van der Waals surface area contributed by atoms with Crippen LogP contribution in [0.5, 0.6) is 0 Å². The van der Waals surface area contributed by atoms with Crippen molar-refractivity contribution in [3.63, 3.8) is 0 Å². The van der Waals surface area contributed by atoms with Crippen LogP contribution in [0.2, 0.25) is 10.0 Å². The van der Waals surface area contributed by atoms with E-state index in [1.54, 1.807) is 25.2 Å². The van der Waals surface area contributed by atoms with Crippen LogP contribution < -0.4 is 15.5 Å². The summed E-state index contributed by atoms with van der Waals surface area (Å²) in [4.78, 5) is 24.9. The molecule has 2 aromatic rings. The van der Waals surface area contributed by atoms with E-state index in [0.717, 1.165) is 16.2 Å². The Labute approximate surface area is 156 Å². The van der Waals surface area contributed by atoms with Gasteiger partial charge in [-0.3, -0.25) is 9.59 Å². The molecule has 25 heavy (non-hydrogen) atoms. The van der Waals surface area contributed by atoms with Gasteiger partial charge in [0.2, 0.25) is 0 Å². The van der Waals surface area contributed by atoms with Gasteiger partial charge in [0.25, 0.3) is 11.8 Å². The van der Waals surface area contributed by atoms with Gasteiger partial charge in [0.1, 0.15) is 0 Å². The van der Waals surface area contributed by atoms with E-state index in [0.29, 0.717) is 15.7 Å². The largest absolute Gasteiger partial charge is 0.322 e. The summed E-state index contributed by atoms with van der Waals surface area (Å²) >= 11 is 11.8. The molecule has 0 aromatic heterocycles. The molecular weight excluding hydrogens is 361 g/mol. The zero-order valence-corrected chi connectivity index (χ0v) is 15.5. The highest BCUT2D eigenvalue weighted by atomic mass is 35.5. The molecule has 2 rings (SSSR count). The third-order valence-corrected chi connectivity index (χ3v) is 4.20. The normalized spacial score (nSPS) is 11.7. The fourth-order valence-corrected chi connectivity index (χ4v) is 2.53. The van der Waals surface area contributed by atoms with Gasteiger partial charge in [-0.15, -0.1) is 0 Å². The maximum absolute atomic E-state index is 12.1. The fourth-order valence-electron chi connectivity index (χ4n) is 2.23. The number of amides is 2. The lowest BCUT2D eigenvalue weighted by atomic mass is 10.2. The van der Waals surface area contributed by atoms with Gasteiger partial charge in [0, 0.05) is 11.4 Å². The number of carbonyl (C=O) groups excluding carboxylic acids is 2. The van der Waals surface area contributed by atoms with Crippen LogP contribution in [0.25, 0.3) is 0 Å².